The molecule has 22 heavy (non-hydrogen) atoms. The average molecular weight is 310 g/mol. The van der Waals surface area contributed by atoms with Gasteiger partial charge in [-0.05, 0) is 19.3 Å². The van der Waals surface area contributed by atoms with Crippen molar-refractivity contribution in [1.29, 1.82) is 0 Å². The van der Waals surface area contributed by atoms with Crippen LogP contribution in [0.3, 0.4) is 0 Å². The van der Waals surface area contributed by atoms with Crippen molar-refractivity contribution in [3.63, 3.8) is 0 Å². The highest BCUT2D eigenvalue weighted by Gasteiger charge is 2.45. The molecule has 1 saturated carbocycles. The predicted octanol–water partition coefficient (Wildman–Crippen LogP) is -1.58. The van der Waals surface area contributed by atoms with E-state index >= 15 is 0 Å². The Kier molecular flexibility index (Phi) is 4.80. The Labute approximate surface area is 128 Å². The lowest BCUT2D eigenvalue weighted by Crippen LogP contribution is -2.61. The lowest BCUT2D eigenvalue weighted by atomic mass is 9.78. The SMILES string of the molecule is NC(=O)C(=O)C1(NC(=O)C2CC(N)CN2C=O)CCCCC1. The van der Waals surface area contributed by atoms with E-state index in [1.165, 1.54) is 4.90 Å². The molecule has 0 aromatic rings. The topological polar surface area (TPSA) is 136 Å². The molecular formula is C14H22N4O4. The molecule has 5 N–H and O–H groups in total. The second-order valence-electron chi connectivity index (χ2n) is 6.14. The second kappa shape index (κ2) is 6.43. The maximum atomic E-state index is 12.5. The van der Waals surface area contributed by atoms with Gasteiger partial charge in [0.15, 0.2) is 0 Å². The van der Waals surface area contributed by atoms with Gasteiger partial charge in [0.05, 0.1) is 0 Å². The molecule has 8 nitrogen and oxygen atoms in total. The van der Waals surface area contributed by atoms with Crippen molar-refractivity contribution in [2.75, 3.05) is 6.54 Å². The molecule has 2 rings (SSSR count). The summed E-state index contributed by atoms with van der Waals surface area (Å²) in [5, 5.41) is 2.69. The molecule has 122 valence electrons. The number of carbonyl (C=O) groups excluding carboxylic acids is 4. The Morgan fingerprint density at radius 2 is 1.82 bits per heavy atom. The van der Waals surface area contributed by atoms with Crippen LogP contribution in [-0.2, 0) is 19.2 Å². The first kappa shape index (κ1) is 16.4. The number of amides is 3. The Balaban J connectivity index is 2.16. The number of rotatable bonds is 5. The van der Waals surface area contributed by atoms with E-state index in [2.05, 4.69) is 5.32 Å². The van der Waals surface area contributed by atoms with Crippen LogP contribution in [0.25, 0.3) is 0 Å². The van der Waals surface area contributed by atoms with Crippen molar-refractivity contribution in [3.8, 4) is 0 Å². The van der Waals surface area contributed by atoms with Crippen LogP contribution in [0.1, 0.15) is 38.5 Å². The summed E-state index contributed by atoms with van der Waals surface area (Å²) in [6.45, 7) is 0.304. The molecule has 3 amide bonds. The third-order valence-corrected chi connectivity index (χ3v) is 4.54. The summed E-state index contributed by atoms with van der Waals surface area (Å²) in [6, 6.07) is -0.970. The third-order valence-electron chi connectivity index (χ3n) is 4.54. The fourth-order valence-corrected chi connectivity index (χ4v) is 3.39. The zero-order valence-corrected chi connectivity index (χ0v) is 12.4. The van der Waals surface area contributed by atoms with Gasteiger partial charge in [-0.3, -0.25) is 19.2 Å². The number of hydrogen-bond donors (Lipinski definition) is 3. The lowest BCUT2D eigenvalue weighted by molar-refractivity contribution is -0.144. The number of carbonyl (C=O) groups is 4. The van der Waals surface area contributed by atoms with Gasteiger partial charge < -0.3 is 21.7 Å². The molecule has 8 heteroatoms. The van der Waals surface area contributed by atoms with Crippen molar-refractivity contribution < 1.29 is 19.2 Å². The zero-order chi connectivity index (χ0) is 16.3. The minimum absolute atomic E-state index is 0.268. The maximum Gasteiger partial charge on any atom is 0.287 e. The summed E-state index contributed by atoms with van der Waals surface area (Å²) >= 11 is 0. The van der Waals surface area contributed by atoms with Gasteiger partial charge in [0.25, 0.3) is 5.91 Å². The summed E-state index contributed by atoms with van der Waals surface area (Å²) in [7, 11) is 0. The van der Waals surface area contributed by atoms with Crippen LogP contribution in [0.4, 0.5) is 0 Å². The molecule has 0 spiro atoms. The number of Topliss-reactive ketones (excluding diaryl/α,β-unsaturated/α-hetero) is 1. The molecule has 0 bridgehead atoms. The van der Waals surface area contributed by atoms with Gasteiger partial charge >= 0.3 is 0 Å². The highest BCUT2D eigenvalue weighted by atomic mass is 16.2. The number of hydrogen-bond acceptors (Lipinski definition) is 5. The van der Waals surface area contributed by atoms with Gasteiger partial charge in [0.1, 0.15) is 11.6 Å². The van der Waals surface area contributed by atoms with Crippen molar-refractivity contribution in [2.45, 2.75) is 56.1 Å². The minimum atomic E-state index is -1.23. The van der Waals surface area contributed by atoms with Gasteiger partial charge in [-0.2, -0.15) is 0 Å². The van der Waals surface area contributed by atoms with Gasteiger partial charge in [0.2, 0.25) is 18.1 Å². The Morgan fingerprint density at radius 1 is 1.18 bits per heavy atom. The predicted molar refractivity (Wildman–Crippen MR) is 77.3 cm³/mol. The summed E-state index contributed by atoms with van der Waals surface area (Å²) in [4.78, 5) is 48.3. The van der Waals surface area contributed by atoms with E-state index < -0.39 is 29.2 Å². The number of nitrogens with zero attached hydrogens (tertiary/aromatic N) is 1. The molecular weight excluding hydrogens is 288 g/mol. The minimum Gasteiger partial charge on any atom is -0.363 e. The van der Waals surface area contributed by atoms with Crippen LogP contribution in [0.5, 0.6) is 0 Å². The number of primary amides is 1. The smallest absolute Gasteiger partial charge is 0.287 e. The van der Waals surface area contributed by atoms with Crippen LogP contribution >= 0.6 is 0 Å². The number of likely N-dealkylation sites (tertiary alicyclic amines) is 1. The highest BCUT2D eigenvalue weighted by molar-refractivity contribution is 6.39. The van der Waals surface area contributed by atoms with Gasteiger partial charge in [-0.15, -0.1) is 0 Å². The maximum absolute atomic E-state index is 12.5. The van der Waals surface area contributed by atoms with Gasteiger partial charge in [-0.25, -0.2) is 0 Å². The number of nitrogens with two attached hydrogens (primary N) is 2. The van der Waals surface area contributed by atoms with Crippen molar-refractivity contribution in [1.82, 2.24) is 10.2 Å². The normalized spacial score (nSPS) is 27.2. The fourth-order valence-electron chi connectivity index (χ4n) is 3.39. The monoisotopic (exact) mass is 310 g/mol. The Bertz CT molecular complexity index is 487. The standard InChI is InChI=1S/C14H22N4O4/c15-9-6-10(18(7-9)8-19)13(22)17-14(11(20)12(16)21)4-2-1-3-5-14/h8-10H,1-7,15H2,(H2,16,21)(H,17,22). The van der Waals surface area contributed by atoms with E-state index in [4.69, 9.17) is 11.5 Å². The molecule has 1 heterocycles. The zero-order valence-electron chi connectivity index (χ0n) is 12.4. The summed E-state index contributed by atoms with van der Waals surface area (Å²) in [5.41, 5.74) is 9.68. The van der Waals surface area contributed by atoms with Crippen LogP contribution in [-0.4, -0.2) is 53.1 Å². The molecule has 2 fully saturated rings. The first-order chi connectivity index (χ1) is 10.4. The van der Waals surface area contributed by atoms with E-state index in [0.29, 0.717) is 32.2 Å². The van der Waals surface area contributed by atoms with Crippen molar-refractivity contribution in [3.05, 3.63) is 0 Å². The average Bonchev–Trinajstić information content (AvgIpc) is 2.88. The fraction of sp³-hybridized carbons (Fsp3) is 0.714. The van der Waals surface area contributed by atoms with E-state index in [0.717, 1.165) is 19.3 Å². The van der Waals surface area contributed by atoms with Crippen molar-refractivity contribution in [2.24, 2.45) is 11.5 Å². The Hall–Kier alpha value is -1.96. The number of nitrogens with one attached hydrogen (secondary N) is 1. The van der Waals surface area contributed by atoms with E-state index in [1.807, 2.05) is 0 Å². The van der Waals surface area contributed by atoms with E-state index in [-0.39, 0.29) is 6.04 Å². The lowest BCUT2D eigenvalue weighted by Gasteiger charge is -2.37. The highest BCUT2D eigenvalue weighted by Crippen LogP contribution is 2.30. The summed E-state index contributed by atoms with van der Waals surface area (Å²) in [5.74, 6) is -2.25. The summed E-state index contributed by atoms with van der Waals surface area (Å²) < 4.78 is 0. The molecule has 2 aliphatic rings. The third kappa shape index (κ3) is 3.11. The molecule has 0 aromatic carbocycles. The largest absolute Gasteiger partial charge is 0.363 e. The van der Waals surface area contributed by atoms with Crippen molar-refractivity contribution >= 4 is 24.0 Å². The first-order valence-electron chi connectivity index (χ1n) is 7.52. The summed E-state index contributed by atoms with van der Waals surface area (Å²) in [6.07, 6.45) is 4.12. The molecule has 1 saturated heterocycles. The first-order valence-corrected chi connectivity index (χ1v) is 7.52. The molecule has 0 aromatic heterocycles. The van der Waals surface area contributed by atoms with Gasteiger partial charge in [-0.1, -0.05) is 19.3 Å². The molecule has 2 unspecified atom stereocenters. The molecule has 1 aliphatic carbocycles. The number of ketones is 1. The van der Waals surface area contributed by atoms with E-state index in [9.17, 15) is 19.2 Å². The molecule has 2 atom stereocenters. The van der Waals surface area contributed by atoms with Gasteiger partial charge in [0, 0.05) is 12.6 Å². The van der Waals surface area contributed by atoms with Crippen LogP contribution in [0, 0.1) is 0 Å². The molecule has 0 radical (unpaired) electrons. The van der Waals surface area contributed by atoms with Crippen LogP contribution in [0.15, 0.2) is 0 Å². The molecule has 1 aliphatic heterocycles. The van der Waals surface area contributed by atoms with Crippen LogP contribution in [0.2, 0.25) is 0 Å². The Morgan fingerprint density at radius 3 is 2.36 bits per heavy atom. The quantitative estimate of drug-likeness (QED) is 0.416. The second-order valence-corrected chi connectivity index (χ2v) is 6.14. The van der Waals surface area contributed by atoms with E-state index in [1.54, 1.807) is 0 Å². The van der Waals surface area contributed by atoms with Crippen LogP contribution < -0.4 is 16.8 Å².